The standard InChI is InChI=1S/C15H22O2/c1-10-5-4-6-11(2)13(10)9-14(16)15-12(3)7-8-17-15/h4-6,12,14-16H,7-9H2,1-3H3. The van der Waals surface area contributed by atoms with E-state index in [0.717, 1.165) is 13.0 Å². The molecule has 0 aliphatic carbocycles. The van der Waals surface area contributed by atoms with Crippen molar-refractivity contribution in [2.24, 2.45) is 5.92 Å². The zero-order valence-electron chi connectivity index (χ0n) is 10.9. The Morgan fingerprint density at radius 1 is 1.35 bits per heavy atom. The summed E-state index contributed by atoms with van der Waals surface area (Å²) in [7, 11) is 0. The first-order chi connectivity index (χ1) is 8.09. The predicted octanol–water partition coefficient (Wildman–Crippen LogP) is 2.63. The molecule has 3 atom stereocenters. The highest BCUT2D eigenvalue weighted by Gasteiger charge is 2.31. The predicted molar refractivity (Wildman–Crippen MR) is 69.1 cm³/mol. The first-order valence-electron chi connectivity index (χ1n) is 6.44. The van der Waals surface area contributed by atoms with Crippen molar-refractivity contribution in [3.8, 4) is 0 Å². The Balaban J connectivity index is 2.10. The second-order valence-corrected chi connectivity index (χ2v) is 5.24. The fourth-order valence-corrected chi connectivity index (χ4v) is 2.71. The molecule has 0 aromatic heterocycles. The van der Waals surface area contributed by atoms with E-state index in [1.165, 1.54) is 16.7 Å². The normalized spacial score (nSPS) is 26.1. The summed E-state index contributed by atoms with van der Waals surface area (Å²) < 4.78 is 5.63. The van der Waals surface area contributed by atoms with Crippen LogP contribution >= 0.6 is 0 Å². The smallest absolute Gasteiger partial charge is 0.0863 e. The molecule has 1 N–H and O–H groups in total. The second kappa shape index (κ2) is 5.19. The molecule has 1 aromatic carbocycles. The van der Waals surface area contributed by atoms with Crippen molar-refractivity contribution in [3.63, 3.8) is 0 Å². The number of aliphatic hydroxyl groups excluding tert-OH is 1. The van der Waals surface area contributed by atoms with Gasteiger partial charge in [0.25, 0.3) is 0 Å². The molecular weight excluding hydrogens is 212 g/mol. The lowest BCUT2D eigenvalue weighted by molar-refractivity contribution is -0.0158. The quantitative estimate of drug-likeness (QED) is 0.871. The Labute approximate surface area is 104 Å². The fourth-order valence-electron chi connectivity index (χ4n) is 2.71. The van der Waals surface area contributed by atoms with Crippen LogP contribution in [-0.4, -0.2) is 23.9 Å². The second-order valence-electron chi connectivity index (χ2n) is 5.24. The van der Waals surface area contributed by atoms with Crippen LogP contribution in [0, 0.1) is 19.8 Å². The summed E-state index contributed by atoms with van der Waals surface area (Å²) in [5.41, 5.74) is 3.78. The molecule has 1 aliphatic heterocycles. The molecule has 3 unspecified atom stereocenters. The maximum absolute atomic E-state index is 10.3. The third-order valence-corrected chi connectivity index (χ3v) is 3.88. The molecule has 1 fully saturated rings. The van der Waals surface area contributed by atoms with Crippen molar-refractivity contribution in [2.75, 3.05) is 6.61 Å². The molecule has 94 valence electrons. The van der Waals surface area contributed by atoms with Gasteiger partial charge in [0.05, 0.1) is 12.2 Å². The summed E-state index contributed by atoms with van der Waals surface area (Å²) in [6.07, 6.45) is 1.39. The maximum Gasteiger partial charge on any atom is 0.0863 e. The van der Waals surface area contributed by atoms with Crippen molar-refractivity contribution < 1.29 is 9.84 Å². The highest BCUT2D eigenvalue weighted by atomic mass is 16.5. The van der Waals surface area contributed by atoms with Gasteiger partial charge < -0.3 is 9.84 Å². The van der Waals surface area contributed by atoms with Crippen LogP contribution in [0.5, 0.6) is 0 Å². The number of ether oxygens (including phenoxy) is 1. The molecule has 2 rings (SSSR count). The molecule has 1 saturated heterocycles. The Bertz CT molecular complexity index is 366. The van der Waals surface area contributed by atoms with E-state index < -0.39 is 0 Å². The van der Waals surface area contributed by atoms with Crippen molar-refractivity contribution in [2.45, 2.75) is 45.8 Å². The Morgan fingerprint density at radius 3 is 2.53 bits per heavy atom. The fraction of sp³-hybridized carbons (Fsp3) is 0.600. The third kappa shape index (κ3) is 2.70. The first-order valence-corrected chi connectivity index (χ1v) is 6.44. The van der Waals surface area contributed by atoms with E-state index in [0.29, 0.717) is 12.3 Å². The molecular formula is C15H22O2. The minimum atomic E-state index is -0.382. The molecule has 17 heavy (non-hydrogen) atoms. The van der Waals surface area contributed by atoms with Gasteiger partial charge in [-0.1, -0.05) is 25.1 Å². The Morgan fingerprint density at radius 2 is 2.00 bits per heavy atom. The van der Waals surface area contributed by atoms with E-state index in [1.807, 2.05) is 0 Å². The van der Waals surface area contributed by atoms with Crippen molar-refractivity contribution >= 4 is 0 Å². The van der Waals surface area contributed by atoms with Crippen molar-refractivity contribution in [1.82, 2.24) is 0 Å². The molecule has 2 nitrogen and oxygen atoms in total. The van der Waals surface area contributed by atoms with Crippen molar-refractivity contribution in [1.29, 1.82) is 0 Å². The van der Waals surface area contributed by atoms with Gasteiger partial charge in [-0.05, 0) is 42.9 Å². The minimum Gasteiger partial charge on any atom is -0.390 e. The highest BCUT2D eigenvalue weighted by Crippen LogP contribution is 2.26. The van der Waals surface area contributed by atoms with Gasteiger partial charge >= 0.3 is 0 Å². The molecule has 1 aliphatic rings. The SMILES string of the molecule is Cc1cccc(C)c1CC(O)C1OCCC1C. The van der Waals surface area contributed by atoms with E-state index in [1.54, 1.807) is 0 Å². The van der Waals surface area contributed by atoms with E-state index >= 15 is 0 Å². The Hall–Kier alpha value is -0.860. The average molecular weight is 234 g/mol. The zero-order chi connectivity index (χ0) is 12.4. The molecule has 0 radical (unpaired) electrons. The van der Waals surface area contributed by atoms with Crippen LogP contribution in [0.4, 0.5) is 0 Å². The van der Waals surface area contributed by atoms with Gasteiger partial charge in [-0.3, -0.25) is 0 Å². The van der Waals surface area contributed by atoms with Crippen LogP contribution < -0.4 is 0 Å². The van der Waals surface area contributed by atoms with Gasteiger partial charge in [-0.15, -0.1) is 0 Å². The lowest BCUT2D eigenvalue weighted by Gasteiger charge is -2.23. The van der Waals surface area contributed by atoms with Crippen LogP contribution in [0.2, 0.25) is 0 Å². The number of rotatable bonds is 3. The van der Waals surface area contributed by atoms with E-state index in [9.17, 15) is 5.11 Å². The number of aliphatic hydroxyl groups is 1. The van der Waals surface area contributed by atoms with Gasteiger partial charge in [-0.2, -0.15) is 0 Å². The number of aryl methyl sites for hydroxylation is 2. The summed E-state index contributed by atoms with van der Waals surface area (Å²) in [5, 5.41) is 10.3. The highest BCUT2D eigenvalue weighted by molar-refractivity contribution is 5.34. The summed E-state index contributed by atoms with van der Waals surface area (Å²) in [6.45, 7) is 7.16. The van der Waals surface area contributed by atoms with Crippen LogP contribution in [0.25, 0.3) is 0 Å². The first kappa shape index (κ1) is 12.6. The maximum atomic E-state index is 10.3. The van der Waals surface area contributed by atoms with Crippen LogP contribution in [0.15, 0.2) is 18.2 Å². The lowest BCUT2D eigenvalue weighted by atomic mass is 9.91. The van der Waals surface area contributed by atoms with Gasteiger partial charge in [0.15, 0.2) is 0 Å². The van der Waals surface area contributed by atoms with Gasteiger partial charge in [0.2, 0.25) is 0 Å². The van der Waals surface area contributed by atoms with E-state index in [4.69, 9.17) is 4.74 Å². The van der Waals surface area contributed by atoms with Gasteiger partial charge in [0.1, 0.15) is 0 Å². The zero-order valence-corrected chi connectivity index (χ0v) is 10.9. The lowest BCUT2D eigenvalue weighted by Crippen LogP contribution is -2.32. The molecule has 0 bridgehead atoms. The van der Waals surface area contributed by atoms with Crippen LogP contribution in [0.1, 0.15) is 30.0 Å². The number of hydrogen-bond acceptors (Lipinski definition) is 2. The summed E-state index contributed by atoms with van der Waals surface area (Å²) in [5.74, 6) is 0.467. The largest absolute Gasteiger partial charge is 0.390 e. The van der Waals surface area contributed by atoms with Gasteiger partial charge in [0, 0.05) is 13.0 Å². The molecule has 0 saturated carbocycles. The molecule has 1 heterocycles. The van der Waals surface area contributed by atoms with E-state index in [2.05, 4.69) is 39.0 Å². The average Bonchev–Trinajstić information content (AvgIpc) is 2.70. The third-order valence-electron chi connectivity index (χ3n) is 3.88. The molecule has 0 amide bonds. The molecule has 2 heteroatoms. The van der Waals surface area contributed by atoms with Crippen LogP contribution in [0.3, 0.4) is 0 Å². The summed E-state index contributed by atoms with van der Waals surface area (Å²) >= 11 is 0. The summed E-state index contributed by atoms with van der Waals surface area (Å²) in [6, 6.07) is 6.28. The van der Waals surface area contributed by atoms with Crippen LogP contribution in [-0.2, 0) is 11.2 Å². The number of hydrogen-bond donors (Lipinski definition) is 1. The van der Waals surface area contributed by atoms with Gasteiger partial charge in [-0.25, -0.2) is 0 Å². The topological polar surface area (TPSA) is 29.5 Å². The van der Waals surface area contributed by atoms with E-state index in [-0.39, 0.29) is 12.2 Å². The number of benzene rings is 1. The van der Waals surface area contributed by atoms with Crippen molar-refractivity contribution in [3.05, 3.63) is 34.9 Å². The molecule has 0 spiro atoms. The monoisotopic (exact) mass is 234 g/mol. The summed E-state index contributed by atoms with van der Waals surface area (Å²) in [4.78, 5) is 0. The minimum absolute atomic E-state index is 0.00834. The molecule has 1 aromatic rings. The Kier molecular flexibility index (Phi) is 3.85.